The lowest BCUT2D eigenvalue weighted by molar-refractivity contribution is -0.140. The summed E-state index contributed by atoms with van der Waals surface area (Å²) in [6.45, 7) is 6.89. The normalized spacial score (nSPS) is 16.7. The second-order valence-electron chi connectivity index (χ2n) is 8.59. The quantitative estimate of drug-likeness (QED) is 0.575. The van der Waals surface area contributed by atoms with E-state index in [1.165, 1.54) is 6.20 Å². The summed E-state index contributed by atoms with van der Waals surface area (Å²) in [7, 11) is 0. The number of aryl methyl sites for hydroxylation is 1. The zero-order valence-electron chi connectivity index (χ0n) is 19.1. The van der Waals surface area contributed by atoms with Crippen molar-refractivity contribution in [2.75, 3.05) is 6.54 Å². The third-order valence-electron chi connectivity index (χ3n) is 5.98. The molecule has 1 unspecified atom stereocenters. The van der Waals surface area contributed by atoms with E-state index in [0.29, 0.717) is 25.3 Å². The van der Waals surface area contributed by atoms with Crippen molar-refractivity contribution < 1.29 is 9.59 Å². The Labute approximate surface area is 197 Å². The van der Waals surface area contributed by atoms with Crippen molar-refractivity contribution in [2.24, 2.45) is 5.92 Å². The summed E-state index contributed by atoms with van der Waals surface area (Å²) in [4.78, 5) is 37.8. The van der Waals surface area contributed by atoms with Crippen molar-refractivity contribution in [3.63, 3.8) is 0 Å². The Balaban J connectivity index is 1.40. The highest BCUT2D eigenvalue weighted by Gasteiger charge is 2.39. The first kappa shape index (κ1) is 23.0. The van der Waals surface area contributed by atoms with Gasteiger partial charge in [0.25, 0.3) is 0 Å². The minimum absolute atomic E-state index is 0.00768. The predicted octanol–water partition coefficient (Wildman–Crippen LogP) is 3.35. The highest BCUT2D eigenvalue weighted by atomic mass is 32.1. The van der Waals surface area contributed by atoms with E-state index in [9.17, 15) is 9.59 Å². The fraction of sp³-hybridized carbons (Fsp3) is 0.417. The summed E-state index contributed by atoms with van der Waals surface area (Å²) in [6.07, 6.45) is 4.48. The number of benzene rings is 1. The molecule has 172 valence electrons. The first-order valence-electron chi connectivity index (χ1n) is 11.2. The maximum absolute atomic E-state index is 13.4. The van der Waals surface area contributed by atoms with Gasteiger partial charge in [-0.2, -0.15) is 5.10 Å². The average Bonchev–Trinajstić information content (AvgIpc) is 3.48. The molecule has 33 heavy (non-hydrogen) atoms. The smallest absolute Gasteiger partial charge is 0.243 e. The number of nitrogens with zero attached hydrogens (tertiary/aromatic N) is 5. The molecule has 2 amide bonds. The standard InChI is InChI=1S/C24H28N6O2S/c1-15(2)20(22-25-10-11-28-29-22)24(32)30-12-4-5-19(30)23(31)26-13-17-6-8-18(9-7-17)21-16(3)27-14-33-21/h6-11,14-15,19-20H,4-5,12-13H2,1-3H3,(H,26,31)/t19-,20?/m0/s1. The van der Waals surface area contributed by atoms with Crippen molar-refractivity contribution in [1.29, 1.82) is 0 Å². The van der Waals surface area contributed by atoms with Crippen LogP contribution in [0.25, 0.3) is 10.4 Å². The lowest BCUT2D eigenvalue weighted by Gasteiger charge is -2.29. The summed E-state index contributed by atoms with van der Waals surface area (Å²) in [6, 6.07) is 7.65. The number of hydrogen-bond acceptors (Lipinski definition) is 7. The zero-order valence-corrected chi connectivity index (χ0v) is 19.9. The van der Waals surface area contributed by atoms with Crippen molar-refractivity contribution >= 4 is 23.2 Å². The van der Waals surface area contributed by atoms with Crippen LogP contribution >= 0.6 is 11.3 Å². The van der Waals surface area contributed by atoms with Gasteiger partial charge in [0.05, 0.1) is 22.3 Å². The molecule has 0 saturated carbocycles. The van der Waals surface area contributed by atoms with E-state index in [1.54, 1.807) is 22.4 Å². The molecule has 0 radical (unpaired) electrons. The van der Waals surface area contributed by atoms with Crippen LogP contribution in [0.4, 0.5) is 0 Å². The molecule has 1 aliphatic rings. The van der Waals surface area contributed by atoms with Gasteiger partial charge in [0.1, 0.15) is 12.0 Å². The second kappa shape index (κ2) is 10.2. The van der Waals surface area contributed by atoms with Gasteiger partial charge in [-0.3, -0.25) is 9.59 Å². The number of thiazole rings is 1. The predicted molar refractivity (Wildman–Crippen MR) is 126 cm³/mol. The van der Waals surface area contributed by atoms with Crippen molar-refractivity contribution in [3.05, 3.63) is 59.3 Å². The van der Waals surface area contributed by atoms with E-state index < -0.39 is 12.0 Å². The third kappa shape index (κ3) is 5.08. The lowest BCUT2D eigenvalue weighted by atomic mass is 9.93. The fourth-order valence-electron chi connectivity index (χ4n) is 4.24. The van der Waals surface area contributed by atoms with Crippen LogP contribution in [-0.4, -0.2) is 49.5 Å². The molecule has 1 saturated heterocycles. The van der Waals surface area contributed by atoms with Crippen LogP contribution in [0.2, 0.25) is 0 Å². The van der Waals surface area contributed by atoms with Gasteiger partial charge in [-0.05, 0) is 36.8 Å². The second-order valence-corrected chi connectivity index (χ2v) is 9.45. The summed E-state index contributed by atoms with van der Waals surface area (Å²) in [5, 5.41) is 10.9. The third-order valence-corrected chi connectivity index (χ3v) is 6.96. The lowest BCUT2D eigenvalue weighted by Crippen LogP contribution is -2.48. The molecule has 3 heterocycles. The van der Waals surface area contributed by atoms with Crippen molar-refractivity contribution in [3.8, 4) is 10.4 Å². The summed E-state index contributed by atoms with van der Waals surface area (Å²) in [5.74, 6) is -0.362. The molecule has 0 bridgehead atoms. The Kier molecular flexibility index (Phi) is 7.08. The molecule has 2 atom stereocenters. The minimum Gasteiger partial charge on any atom is -0.350 e. The largest absolute Gasteiger partial charge is 0.350 e. The first-order chi connectivity index (χ1) is 16.0. The van der Waals surface area contributed by atoms with Crippen molar-refractivity contribution in [1.82, 2.24) is 30.4 Å². The topological polar surface area (TPSA) is 101 Å². The number of hydrogen-bond donors (Lipinski definition) is 1. The van der Waals surface area contributed by atoms with E-state index in [-0.39, 0.29) is 17.7 Å². The Hall–Kier alpha value is -3.20. The Morgan fingerprint density at radius 3 is 2.61 bits per heavy atom. The summed E-state index contributed by atoms with van der Waals surface area (Å²) in [5.41, 5.74) is 4.99. The monoisotopic (exact) mass is 464 g/mol. The molecule has 4 rings (SSSR count). The van der Waals surface area contributed by atoms with Gasteiger partial charge in [-0.25, -0.2) is 9.97 Å². The van der Waals surface area contributed by atoms with Gasteiger partial charge >= 0.3 is 0 Å². The Morgan fingerprint density at radius 1 is 1.18 bits per heavy atom. The van der Waals surface area contributed by atoms with Gasteiger partial charge < -0.3 is 10.2 Å². The number of likely N-dealkylation sites (tertiary alicyclic amines) is 1. The van der Waals surface area contributed by atoms with Crippen LogP contribution in [-0.2, 0) is 16.1 Å². The zero-order chi connectivity index (χ0) is 23.4. The molecule has 9 heteroatoms. The van der Waals surface area contributed by atoms with Gasteiger partial charge in [0, 0.05) is 19.3 Å². The van der Waals surface area contributed by atoms with Gasteiger partial charge in [0.2, 0.25) is 11.8 Å². The molecule has 8 nitrogen and oxygen atoms in total. The van der Waals surface area contributed by atoms with Crippen LogP contribution < -0.4 is 5.32 Å². The maximum atomic E-state index is 13.4. The van der Waals surface area contributed by atoms with E-state index in [2.05, 4.69) is 37.6 Å². The van der Waals surface area contributed by atoms with Gasteiger partial charge in [-0.15, -0.1) is 16.4 Å². The van der Waals surface area contributed by atoms with Crippen LogP contribution in [0.15, 0.2) is 42.2 Å². The van der Waals surface area contributed by atoms with Crippen LogP contribution in [0.3, 0.4) is 0 Å². The SMILES string of the molecule is Cc1ncsc1-c1ccc(CNC(=O)[C@@H]2CCCN2C(=O)C(c2nccnn2)C(C)C)cc1. The molecule has 2 aromatic heterocycles. The first-order valence-corrected chi connectivity index (χ1v) is 12.0. The highest BCUT2D eigenvalue weighted by molar-refractivity contribution is 7.13. The molecular formula is C24H28N6O2S. The number of nitrogens with one attached hydrogen (secondary N) is 1. The molecule has 1 fully saturated rings. The maximum Gasteiger partial charge on any atom is 0.243 e. The van der Waals surface area contributed by atoms with Gasteiger partial charge in [-0.1, -0.05) is 38.1 Å². The van der Waals surface area contributed by atoms with Crippen molar-refractivity contribution in [2.45, 2.75) is 52.1 Å². The molecule has 3 aromatic rings. The summed E-state index contributed by atoms with van der Waals surface area (Å²) >= 11 is 1.62. The van der Waals surface area contributed by atoms with E-state index in [4.69, 9.17) is 0 Å². The van der Waals surface area contributed by atoms with Crippen LogP contribution in [0.5, 0.6) is 0 Å². The van der Waals surface area contributed by atoms with E-state index >= 15 is 0 Å². The summed E-state index contributed by atoms with van der Waals surface area (Å²) < 4.78 is 0. The molecule has 0 spiro atoms. The van der Waals surface area contributed by atoms with Gasteiger partial charge in [0.15, 0.2) is 5.82 Å². The average molecular weight is 465 g/mol. The van der Waals surface area contributed by atoms with E-state index in [0.717, 1.165) is 28.1 Å². The molecule has 1 aliphatic heterocycles. The fourth-order valence-corrected chi connectivity index (χ4v) is 5.05. The van der Waals surface area contributed by atoms with Crippen LogP contribution in [0, 0.1) is 12.8 Å². The molecule has 1 aromatic carbocycles. The molecule has 0 aliphatic carbocycles. The number of aromatic nitrogens is 4. The number of carbonyl (C=O) groups is 2. The number of rotatable bonds is 7. The van der Waals surface area contributed by atoms with Crippen LogP contribution in [0.1, 0.15) is 49.7 Å². The number of amides is 2. The molecule has 1 N–H and O–H groups in total. The highest BCUT2D eigenvalue weighted by Crippen LogP contribution is 2.29. The van der Waals surface area contributed by atoms with E-state index in [1.807, 2.05) is 38.4 Å². The Morgan fingerprint density at radius 2 is 1.97 bits per heavy atom. The Bertz CT molecular complexity index is 1100. The molecular weight excluding hydrogens is 436 g/mol. The minimum atomic E-state index is -0.519. The number of carbonyl (C=O) groups excluding carboxylic acids is 2.